The summed E-state index contributed by atoms with van der Waals surface area (Å²) in [4.78, 5) is 4.30. The number of nitrogens with one attached hydrogen (secondary N) is 1. The van der Waals surface area contributed by atoms with Gasteiger partial charge in [0.25, 0.3) is 0 Å². The lowest BCUT2D eigenvalue weighted by Crippen LogP contribution is -2.23. The standard InChI is InChI=1S/C14H14ClFN2/c1-2-17-14(13-5-3-4-8-18-13)11-9-10(16)6-7-12(11)15/h3-9,14,17H,2H2,1H3. The Morgan fingerprint density at radius 1 is 1.33 bits per heavy atom. The minimum absolute atomic E-state index is 0.195. The molecule has 0 saturated carbocycles. The van der Waals surface area contributed by atoms with Crippen LogP contribution in [0.3, 0.4) is 0 Å². The lowest BCUT2D eigenvalue weighted by atomic mass is 10.0. The number of hydrogen-bond donors (Lipinski definition) is 1. The van der Waals surface area contributed by atoms with Crippen LogP contribution in [-0.2, 0) is 0 Å². The maximum absolute atomic E-state index is 13.4. The van der Waals surface area contributed by atoms with Crippen molar-refractivity contribution in [3.05, 3.63) is 64.7 Å². The van der Waals surface area contributed by atoms with E-state index >= 15 is 0 Å². The zero-order valence-electron chi connectivity index (χ0n) is 10.0. The van der Waals surface area contributed by atoms with Gasteiger partial charge in [-0.15, -0.1) is 0 Å². The summed E-state index contributed by atoms with van der Waals surface area (Å²) in [6, 6.07) is 9.82. The average Bonchev–Trinajstić information content (AvgIpc) is 2.40. The first-order valence-corrected chi connectivity index (χ1v) is 6.19. The van der Waals surface area contributed by atoms with Crippen molar-refractivity contribution >= 4 is 11.6 Å². The first-order chi connectivity index (χ1) is 8.72. The van der Waals surface area contributed by atoms with Crippen LogP contribution in [0.5, 0.6) is 0 Å². The van der Waals surface area contributed by atoms with Gasteiger partial charge >= 0.3 is 0 Å². The second-order valence-corrected chi connectivity index (χ2v) is 4.32. The number of aromatic nitrogens is 1. The molecule has 1 aromatic heterocycles. The van der Waals surface area contributed by atoms with Crippen molar-refractivity contribution in [3.8, 4) is 0 Å². The van der Waals surface area contributed by atoms with Crippen molar-refractivity contribution in [2.45, 2.75) is 13.0 Å². The Balaban J connectivity index is 2.44. The summed E-state index contributed by atoms with van der Waals surface area (Å²) in [5.41, 5.74) is 1.53. The molecule has 0 saturated heterocycles. The van der Waals surface area contributed by atoms with E-state index in [0.717, 1.165) is 12.2 Å². The number of benzene rings is 1. The fraction of sp³-hybridized carbons (Fsp3) is 0.214. The van der Waals surface area contributed by atoms with Gasteiger partial charge in [0.2, 0.25) is 0 Å². The van der Waals surface area contributed by atoms with Gasteiger partial charge in [-0.05, 0) is 42.4 Å². The van der Waals surface area contributed by atoms with Crippen molar-refractivity contribution in [1.29, 1.82) is 0 Å². The summed E-state index contributed by atoms with van der Waals surface area (Å²) in [6.45, 7) is 2.73. The molecule has 2 rings (SSSR count). The fourth-order valence-corrected chi connectivity index (χ4v) is 2.09. The Morgan fingerprint density at radius 2 is 2.17 bits per heavy atom. The second kappa shape index (κ2) is 5.94. The molecule has 1 atom stereocenters. The third-order valence-electron chi connectivity index (χ3n) is 2.66. The molecule has 1 unspecified atom stereocenters. The monoisotopic (exact) mass is 264 g/mol. The highest BCUT2D eigenvalue weighted by Crippen LogP contribution is 2.27. The molecule has 2 nitrogen and oxygen atoms in total. The number of halogens is 2. The predicted octanol–water partition coefficient (Wildman–Crippen LogP) is 3.57. The number of pyridine rings is 1. The number of nitrogens with zero attached hydrogens (tertiary/aromatic N) is 1. The maximum Gasteiger partial charge on any atom is 0.123 e. The van der Waals surface area contributed by atoms with Gasteiger partial charge in [0.05, 0.1) is 11.7 Å². The summed E-state index contributed by atoms with van der Waals surface area (Å²) in [7, 11) is 0. The Labute approximate surface area is 111 Å². The van der Waals surface area contributed by atoms with E-state index in [1.165, 1.54) is 12.1 Å². The molecule has 4 heteroatoms. The van der Waals surface area contributed by atoms with Crippen LogP contribution in [0, 0.1) is 5.82 Å². The first kappa shape index (κ1) is 13.0. The van der Waals surface area contributed by atoms with E-state index < -0.39 is 0 Å². The molecule has 1 heterocycles. The van der Waals surface area contributed by atoms with Gasteiger partial charge in [-0.3, -0.25) is 4.98 Å². The van der Waals surface area contributed by atoms with Crippen LogP contribution < -0.4 is 5.32 Å². The Bertz CT molecular complexity index is 516. The van der Waals surface area contributed by atoms with Crippen molar-refractivity contribution in [1.82, 2.24) is 10.3 Å². The molecule has 0 aliphatic carbocycles. The minimum Gasteiger partial charge on any atom is -0.305 e. The summed E-state index contributed by atoms with van der Waals surface area (Å²) < 4.78 is 13.4. The zero-order valence-corrected chi connectivity index (χ0v) is 10.8. The van der Waals surface area contributed by atoms with Gasteiger partial charge in [0, 0.05) is 11.2 Å². The van der Waals surface area contributed by atoms with Gasteiger partial charge in [0.1, 0.15) is 5.82 Å². The van der Waals surface area contributed by atoms with Crippen LogP contribution in [0.2, 0.25) is 5.02 Å². The molecule has 0 aliphatic heterocycles. The molecule has 18 heavy (non-hydrogen) atoms. The van der Waals surface area contributed by atoms with Crippen LogP contribution >= 0.6 is 11.6 Å². The van der Waals surface area contributed by atoms with Crippen LogP contribution in [0.4, 0.5) is 4.39 Å². The van der Waals surface area contributed by atoms with Gasteiger partial charge in [-0.25, -0.2) is 4.39 Å². The topological polar surface area (TPSA) is 24.9 Å². The molecule has 1 N–H and O–H groups in total. The molecule has 0 amide bonds. The largest absolute Gasteiger partial charge is 0.305 e. The van der Waals surface area contributed by atoms with Gasteiger partial charge < -0.3 is 5.32 Å². The van der Waals surface area contributed by atoms with Crippen molar-refractivity contribution < 1.29 is 4.39 Å². The Hall–Kier alpha value is -1.45. The smallest absolute Gasteiger partial charge is 0.123 e. The average molecular weight is 265 g/mol. The molecule has 0 aliphatic rings. The number of rotatable bonds is 4. The number of hydrogen-bond acceptors (Lipinski definition) is 2. The third-order valence-corrected chi connectivity index (χ3v) is 3.01. The SMILES string of the molecule is CCNC(c1ccccn1)c1cc(F)ccc1Cl. The van der Waals surface area contributed by atoms with E-state index in [0.29, 0.717) is 10.6 Å². The van der Waals surface area contributed by atoms with Gasteiger partial charge in [0.15, 0.2) is 0 Å². The quantitative estimate of drug-likeness (QED) is 0.913. The summed E-state index contributed by atoms with van der Waals surface area (Å²) in [5, 5.41) is 3.80. The molecule has 94 valence electrons. The highest BCUT2D eigenvalue weighted by Gasteiger charge is 2.17. The first-order valence-electron chi connectivity index (χ1n) is 5.81. The predicted molar refractivity (Wildman–Crippen MR) is 71.2 cm³/mol. The molecule has 0 spiro atoms. The van der Waals surface area contributed by atoms with Gasteiger partial charge in [-0.2, -0.15) is 0 Å². The Kier molecular flexibility index (Phi) is 4.28. The molecular formula is C14H14ClFN2. The lowest BCUT2D eigenvalue weighted by molar-refractivity contribution is 0.595. The normalized spacial score (nSPS) is 12.4. The molecule has 0 fully saturated rings. The van der Waals surface area contributed by atoms with Crippen molar-refractivity contribution in [2.24, 2.45) is 0 Å². The molecule has 2 aromatic rings. The molecule has 0 bridgehead atoms. The lowest BCUT2D eigenvalue weighted by Gasteiger charge is -2.19. The maximum atomic E-state index is 13.4. The third kappa shape index (κ3) is 2.86. The minimum atomic E-state index is -0.298. The highest BCUT2D eigenvalue weighted by molar-refractivity contribution is 6.31. The van der Waals surface area contributed by atoms with E-state index in [1.807, 2.05) is 25.1 Å². The van der Waals surface area contributed by atoms with Crippen LogP contribution in [0.1, 0.15) is 24.2 Å². The fourth-order valence-electron chi connectivity index (χ4n) is 1.86. The summed E-state index contributed by atoms with van der Waals surface area (Å²) >= 11 is 6.14. The van der Waals surface area contributed by atoms with Crippen LogP contribution in [-0.4, -0.2) is 11.5 Å². The summed E-state index contributed by atoms with van der Waals surface area (Å²) in [6.07, 6.45) is 1.72. The summed E-state index contributed by atoms with van der Waals surface area (Å²) in [5.74, 6) is -0.298. The van der Waals surface area contributed by atoms with E-state index in [1.54, 1.807) is 12.3 Å². The van der Waals surface area contributed by atoms with E-state index in [9.17, 15) is 4.39 Å². The molecular weight excluding hydrogens is 251 g/mol. The molecule has 1 aromatic carbocycles. The second-order valence-electron chi connectivity index (χ2n) is 3.91. The van der Waals surface area contributed by atoms with E-state index in [4.69, 9.17) is 11.6 Å². The van der Waals surface area contributed by atoms with Gasteiger partial charge in [-0.1, -0.05) is 24.6 Å². The molecule has 0 radical (unpaired) electrons. The van der Waals surface area contributed by atoms with E-state index in [-0.39, 0.29) is 11.9 Å². The van der Waals surface area contributed by atoms with Crippen molar-refractivity contribution in [2.75, 3.05) is 6.54 Å². The zero-order chi connectivity index (χ0) is 13.0. The van der Waals surface area contributed by atoms with Crippen LogP contribution in [0.15, 0.2) is 42.6 Å². The highest BCUT2D eigenvalue weighted by atomic mass is 35.5. The Morgan fingerprint density at radius 3 is 2.83 bits per heavy atom. The van der Waals surface area contributed by atoms with Crippen LogP contribution in [0.25, 0.3) is 0 Å². The van der Waals surface area contributed by atoms with E-state index in [2.05, 4.69) is 10.3 Å². The van der Waals surface area contributed by atoms with Crippen molar-refractivity contribution in [3.63, 3.8) is 0 Å².